The number of alkyl halides is 1. The van der Waals surface area contributed by atoms with E-state index in [9.17, 15) is 4.39 Å². The van der Waals surface area contributed by atoms with E-state index in [1.807, 2.05) is 6.07 Å². The van der Waals surface area contributed by atoms with Crippen molar-refractivity contribution in [1.82, 2.24) is 0 Å². The SMILES string of the molecule is N#Cc1ccccc1OCF. The van der Waals surface area contributed by atoms with Crippen LogP contribution in [0, 0.1) is 11.3 Å². The van der Waals surface area contributed by atoms with Crippen LogP contribution in [0.2, 0.25) is 0 Å². The van der Waals surface area contributed by atoms with E-state index in [0.29, 0.717) is 5.56 Å². The fourth-order valence-corrected chi connectivity index (χ4v) is 0.744. The van der Waals surface area contributed by atoms with Crippen molar-refractivity contribution < 1.29 is 9.13 Å². The number of hydrogen-bond acceptors (Lipinski definition) is 2. The fraction of sp³-hybridized carbons (Fsp3) is 0.125. The average molecular weight is 151 g/mol. The van der Waals surface area contributed by atoms with Crippen LogP contribution >= 0.6 is 0 Å². The second-order valence-electron chi connectivity index (χ2n) is 1.86. The van der Waals surface area contributed by atoms with E-state index in [0.717, 1.165) is 0 Å². The molecular weight excluding hydrogens is 145 g/mol. The first-order valence-electron chi connectivity index (χ1n) is 3.06. The zero-order chi connectivity index (χ0) is 8.10. The summed E-state index contributed by atoms with van der Waals surface area (Å²) in [6.45, 7) is -0.904. The van der Waals surface area contributed by atoms with Crippen molar-refractivity contribution in [2.45, 2.75) is 0 Å². The molecule has 3 heteroatoms. The van der Waals surface area contributed by atoms with Gasteiger partial charge in [-0.2, -0.15) is 5.26 Å². The molecule has 0 saturated heterocycles. The lowest BCUT2D eigenvalue weighted by atomic mass is 10.2. The lowest BCUT2D eigenvalue weighted by Crippen LogP contribution is -1.91. The van der Waals surface area contributed by atoms with Crippen LogP contribution in [0.4, 0.5) is 4.39 Å². The number of nitrogens with zero attached hydrogens (tertiary/aromatic N) is 1. The van der Waals surface area contributed by atoms with Crippen LogP contribution in [0.25, 0.3) is 0 Å². The van der Waals surface area contributed by atoms with E-state index < -0.39 is 6.86 Å². The first kappa shape index (κ1) is 7.55. The van der Waals surface area contributed by atoms with Gasteiger partial charge in [0.15, 0.2) is 0 Å². The highest BCUT2D eigenvalue weighted by Crippen LogP contribution is 2.15. The molecule has 11 heavy (non-hydrogen) atoms. The standard InChI is InChI=1S/C8H6FNO/c9-6-11-8-4-2-1-3-7(8)5-10/h1-4H,6H2. The minimum atomic E-state index is -0.904. The summed E-state index contributed by atoms with van der Waals surface area (Å²) in [7, 11) is 0. The van der Waals surface area contributed by atoms with E-state index in [2.05, 4.69) is 4.74 Å². The maximum atomic E-state index is 11.7. The van der Waals surface area contributed by atoms with Gasteiger partial charge in [-0.3, -0.25) is 0 Å². The Morgan fingerprint density at radius 1 is 1.45 bits per heavy atom. The quantitative estimate of drug-likeness (QED) is 0.646. The number of para-hydroxylation sites is 1. The maximum Gasteiger partial charge on any atom is 0.228 e. The second kappa shape index (κ2) is 3.57. The molecule has 0 amide bonds. The molecule has 0 N–H and O–H groups in total. The van der Waals surface area contributed by atoms with E-state index in [1.54, 1.807) is 24.3 Å². The van der Waals surface area contributed by atoms with Gasteiger partial charge >= 0.3 is 0 Å². The Hall–Kier alpha value is -1.56. The number of hydrogen-bond donors (Lipinski definition) is 0. The topological polar surface area (TPSA) is 33.0 Å². The summed E-state index contributed by atoms with van der Waals surface area (Å²) >= 11 is 0. The Morgan fingerprint density at radius 2 is 2.18 bits per heavy atom. The van der Waals surface area contributed by atoms with Gasteiger partial charge in [0.05, 0.1) is 5.56 Å². The molecule has 0 radical (unpaired) electrons. The molecule has 0 fully saturated rings. The Labute approximate surface area is 63.8 Å². The zero-order valence-corrected chi connectivity index (χ0v) is 5.75. The molecule has 0 aliphatic carbocycles. The van der Waals surface area contributed by atoms with Crippen molar-refractivity contribution in [2.24, 2.45) is 0 Å². The Kier molecular flexibility index (Phi) is 2.45. The fourth-order valence-electron chi connectivity index (χ4n) is 0.744. The van der Waals surface area contributed by atoms with Crippen molar-refractivity contribution in [1.29, 1.82) is 5.26 Å². The van der Waals surface area contributed by atoms with Crippen molar-refractivity contribution >= 4 is 0 Å². The third kappa shape index (κ3) is 1.68. The minimum absolute atomic E-state index is 0.289. The van der Waals surface area contributed by atoms with Gasteiger partial charge in [-0.05, 0) is 12.1 Å². The van der Waals surface area contributed by atoms with Gasteiger partial charge in [-0.1, -0.05) is 12.1 Å². The van der Waals surface area contributed by atoms with Gasteiger partial charge in [-0.25, -0.2) is 4.39 Å². The van der Waals surface area contributed by atoms with Gasteiger partial charge in [0.2, 0.25) is 6.86 Å². The summed E-state index contributed by atoms with van der Waals surface area (Å²) in [5, 5.41) is 8.49. The zero-order valence-electron chi connectivity index (χ0n) is 5.75. The summed E-state index contributed by atoms with van der Waals surface area (Å²) in [5.41, 5.74) is 0.352. The molecule has 1 aromatic rings. The van der Waals surface area contributed by atoms with E-state index in [-0.39, 0.29) is 5.75 Å². The molecule has 0 atom stereocenters. The van der Waals surface area contributed by atoms with Crippen LogP contribution in [-0.4, -0.2) is 6.86 Å². The maximum absolute atomic E-state index is 11.7. The summed E-state index contributed by atoms with van der Waals surface area (Å²) < 4.78 is 16.2. The highest BCUT2D eigenvalue weighted by atomic mass is 19.1. The molecule has 0 aromatic heterocycles. The number of benzene rings is 1. The molecule has 2 nitrogen and oxygen atoms in total. The number of halogens is 1. The van der Waals surface area contributed by atoms with Gasteiger partial charge in [0.1, 0.15) is 11.8 Å². The predicted molar refractivity (Wildman–Crippen MR) is 37.8 cm³/mol. The molecule has 0 saturated carbocycles. The number of rotatable bonds is 2. The molecule has 56 valence electrons. The summed E-state index contributed by atoms with van der Waals surface area (Å²) in [5.74, 6) is 0.289. The van der Waals surface area contributed by atoms with E-state index >= 15 is 0 Å². The normalized spacial score (nSPS) is 8.73. The summed E-state index contributed by atoms with van der Waals surface area (Å²) in [4.78, 5) is 0. The highest BCUT2D eigenvalue weighted by Gasteiger charge is 1.99. The smallest absolute Gasteiger partial charge is 0.228 e. The number of ether oxygens (including phenoxy) is 1. The lowest BCUT2D eigenvalue weighted by Gasteiger charge is -2.00. The second-order valence-corrected chi connectivity index (χ2v) is 1.86. The first-order chi connectivity index (χ1) is 5.38. The minimum Gasteiger partial charge on any atom is -0.462 e. The van der Waals surface area contributed by atoms with Crippen LogP contribution in [0.5, 0.6) is 5.75 Å². The highest BCUT2D eigenvalue weighted by molar-refractivity contribution is 5.42. The van der Waals surface area contributed by atoms with Crippen molar-refractivity contribution in [3.05, 3.63) is 29.8 Å². The molecule has 1 aromatic carbocycles. The van der Waals surface area contributed by atoms with Gasteiger partial charge in [-0.15, -0.1) is 0 Å². The molecular formula is C8H6FNO. The predicted octanol–water partition coefficient (Wildman–Crippen LogP) is 1.86. The molecule has 1 rings (SSSR count). The Bertz CT molecular complexity index is 280. The molecule has 0 heterocycles. The van der Waals surface area contributed by atoms with Crippen LogP contribution < -0.4 is 4.74 Å². The average Bonchev–Trinajstić information content (AvgIpc) is 2.06. The van der Waals surface area contributed by atoms with Crippen LogP contribution in [0.15, 0.2) is 24.3 Å². The monoisotopic (exact) mass is 151 g/mol. The Morgan fingerprint density at radius 3 is 2.82 bits per heavy atom. The van der Waals surface area contributed by atoms with Gasteiger partial charge < -0.3 is 4.74 Å². The van der Waals surface area contributed by atoms with Crippen molar-refractivity contribution in [3.8, 4) is 11.8 Å². The summed E-state index contributed by atoms with van der Waals surface area (Å²) in [6, 6.07) is 8.40. The van der Waals surface area contributed by atoms with E-state index in [1.165, 1.54) is 0 Å². The first-order valence-corrected chi connectivity index (χ1v) is 3.06. The Balaban J connectivity index is 2.95. The molecule has 0 bridgehead atoms. The third-order valence-electron chi connectivity index (χ3n) is 1.22. The molecule has 0 aliphatic heterocycles. The van der Waals surface area contributed by atoms with Gasteiger partial charge in [0, 0.05) is 0 Å². The van der Waals surface area contributed by atoms with Crippen LogP contribution in [0.3, 0.4) is 0 Å². The molecule has 0 spiro atoms. The summed E-state index contributed by atoms with van der Waals surface area (Å²) in [6.07, 6.45) is 0. The van der Waals surface area contributed by atoms with Crippen LogP contribution in [0.1, 0.15) is 5.56 Å². The molecule has 0 aliphatic rings. The third-order valence-corrected chi connectivity index (χ3v) is 1.22. The van der Waals surface area contributed by atoms with E-state index in [4.69, 9.17) is 5.26 Å². The van der Waals surface area contributed by atoms with Crippen LogP contribution in [-0.2, 0) is 0 Å². The van der Waals surface area contributed by atoms with Gasteiger partial charge in [0.25, 0.3) is 0 Å². The van der Waals surface area contributed by atoms with Crippen molar-refractivity contribution in [2.75, 3.05) is 6.86 Å². The molecule has 0 unspecified atom stereocenters. The number of nitriles is 1. The lowest BCUT2D eigenvalue weighted by molar-refractivity contribution is 0.191. The van der Waals surface area contributed by atoms with Crippen molar-refractivity contribution in [3.63, 3.8) is 0 Å². The largest absolute Gasteiger partial charge is 0.462 e.